The van der Waals surface area contributed by atoms with Crippen molar-refractivity contribution in [1.82, 2.24) is 10.2 Å². The molecule has 0 bridgehead atoms. The van der Waals surface area contributed by atoms with E-state index in [1.165, 1.54) is 0 Å². The number of hydrogen-bond donors (Lipinski definition) is 1. The van der Waals surface area contributed by atoms with Gasteiger partial charge < -0.3 is 9.73 Å². The van der Waals surface area contributed by atoms with Crippen molar-refractivity contribution < 1.29 is 9.21 Å². The predicted molar refractivity (Wildman–Crippen MR) is 121 cm³/mol. The Morgan fingerprint density at radius 3 is 2.29 bits per heavy atom. The summed E-state index contributed by atoms with van der Waals surface area (Å²) in [5, 5.41) is 13.5. The standard InChI is InChI=1S/C26H19N3O2/c30-24(17-20-12-6-11-18-8-4-5-15-23(18)20)27-22-14-7-13-21(16-22)26-29-28-25(31-26)19-9-2-1-3-10-19/h1-16H,17H2,(H,27,30). The van der Waals surface area contributed by atoms with E-state index in [0.29, 0.717) is 23.9 Å². The molecule has 31 heavy (non-hydrogen) atoms. The molecule has 5 aromatic rings. The third-order valence-electron chi connectivity index (χ3n) is 5.07. The fraction of sp³-hybridized carbons (Fsp3) is 0.0385. The summed E-state index contributed by atoms with van der Waals surface area (Å²) < 4.78 is 5.82. The number of benzene rings is 4. The number of nitrogens with one attached hydrogen (secondary N) is 1. The molecule has 4 aromatic carbocycles. The smallest absolute Gasteiger partial charge is 0.248 e. The van der Waals surface area contributed by atoms with Crippen LogP contribution < -0.4 is 5.32 Å². The van der Waals surface area contributed by atoms with Crippen molar-refractivity contribution in [2.24, 2.45) is 0 Å². The summed E-state index contributed by atoms with van der Waals surface area (Å²) in [4.78, 5) is 12.7. The van der Waals surface area contributed by atoms with Gasteiger partial charge in [-0.2, -0.15) is 0 Å². The zero-order chi connectivity index (χ0) is 21.0. The first-order valence-corrected chi connectivity index (χ1v) is 10.0. The van der Waals surface area contributed by atoms with Crippen molar-refractivity contribution in [1.29, 1.82) is 0 Å². The SMILES string of the molecule is O=C(Cc1cccc2ccccc12)Nc1cccc(-c2nnc(-c3ccccc3)o2)c1. The number of rotatable bonds is 5. The third kappa shape index (κ3) is 4.07. The van der Waals surface area contributed by atoms with Gasteiger partial charge in [-0.15, -0.1) is 10.2 Å². The molecular weight excluding hydrogens is 386 g/mol. The molecule has 0 aliphatic rings. The van der Waals surface area contributed by atoms with E-state index in [0.717, 1.165) is 27.5 Å². The number of anilines is 1. The average molecular weight is 405 g/mol. The van der Waals surface area contributed by atoms with Crippen molar-refractivity contribution in [2.45, 2.75) is 6.42 Å². The molecule has 1 heterocycles. The molecule has 1 N–H and O–H groups in total. The van der Waals surface area contributed by atoms with E-state index in [9.17, 15) is 4.79 Å². The molecule has 0 unspecified atom stereocenters. The first-order chi connectivity index (χ1) is 15.3. The van der Waals surface area contributed by atoms with Crippen molar-refractivity contribution in [3.63, 3.8) is 0 Å². The summed E-state index contributed by atoms with van der Waals surface area (Å²) >= 11 is 0. The first-order valence-electron chi connectivity index (χ1n) is 10.0. The number of carbonyl (C=O) groups excluding carboxylic acids is 1. The second-order valence-corrected chi connectivity index (χ2v) is 7.22. The van der Waals surface area contributed by atoms with Crippen LogP contribution in [0.15, 0.2) is 101 Å². The van der Waals surface area contributed by atoms with Crippen LogP contribution in [0.1, 0.15) is 5.56 Å². The maximum atomic E-state index is 12.7. The molecule has 0 aliphatic heterocycles. The normalized spacial score (nSPS) is 10.8. The Kier molecular flexibility index (Phi) is 4.99. The molecule has 0 radical (unpaired) electrons. The van der Waals surface area contributed by atoms with Crippen LogP contribution in [-0.2, 0) is 11.2 Å². The van der Waals surface area contributed by atoms with Gasteiger partial charge in [0.2, 0.25) is 17.7 Å². The second-order valence-electron chi connectivity index (χ2n) is 7.22. The molecule has 150 valence electrons. The Morgan fingerprint density at radius 1 is 0.742 bits per heavy atom. The highest BCUT2D eigenvalue weighted by atomic mass is 16.4. The second kappa shape index (κ2) is 8.24. The number of fused-ring (bicyclic) bond motifs is 1. The number of amides is 1. The Morgan fingerprint density at radius 2 is 1.42 bits per heavy atom. The minimum atomic E-state index is -0.0796. The lowest BCUT2D eigenvalue weighted by Gasteiger charge is -2.08. The average Bonchev–Trinajstić information content (AvgIpc) is 3.31. The van der Waals surface area contributed by atoms with Gasteiger partial charge in [-0.25, -0.2) is 0 Å². The maximum Gasteiger partial charge on any atom is 0.248 e. The van der Waals surface area contributed by atoms with Crippen molar-refractivity contribution in [3.05, 3.63) is 103 Å². The summed E-state index contributed by atoms with van der Waals surface area (Å²) in [5.74, 6) is 0.786. The minimum absolute atomic E-state index is 0.0796. The summed E-state index contributed by atoms with van der Waals surface area (Å²) in [5.41, 5.74) is 3.29. The van der Waals surface area contributed by atoms with Crippen LogP contribution >= 0.6 is 0 Å². The summed E-state index contributed by atoms with van der Waals surface area (Å²) in [6.45, 7) is 0. The molecule has 1 aromatic heterocycles. The van der Waals surface area contributed by atoms with E-state index < -0.39 is 0 Å². The highest BCUT2D eigenvalue weighted by Gasteiger charge is 2.12. The molecule has 5 rings (SSSR count). The van der Waals surface area contributed by atoms with Crippen LogP contribution in [0.2, 0.25) is 0 Å². The van der Waals surface area contributed by atoms with E-state index >= 15 is 0 Å². The molecule has 5 heteroatoms. The van der Waals surface area contributed by atoms with Crippen LogP contribution in [-0.4, -0.2) is 16.1 Å². The van der Waals surface area contributed by atoms with Crippen LogP contribution in [0.5, 0.6) is 0 Å². The van der Waals surface area contributed by atoms with Gasteiger partial charge in [-0.3, -0.25) is 4.79 Å². The molecular formula is C26H19N3O2. The lowest BCUT2D eigenvalue weighted by atomic mass is 10.0. The van der Waals surface area contributed by atoms with Crippen LogP contribution in [0.4, 0.5) is 5.69 Å². The van der Waals surface area contributed by atoms with Gasteiger partial charge in [-0.1, -0.05) is 66.7 Å². The quantitative estimate of drug-likeness (QED) is 0.405. The summed E-state index contributed by atoms with van der Waals surface area (Å²) in [6, 6.07) is 31.1. The van der Waals surface area contributed by atoms with Crippen molar-refractivity contribution in [2.75, 3.05) is 5.32 Å². The maximum absolute atomic E-state index is 12.7. The van der Waals surface area contributed by atoms with Gasteiger partial charge in [0.25, 0.3) is 0 Å². The van der Waals surface area contributed by atoms with Gasteiger partial charge in [0, 0.05) is 16.8 Å². The van der Waals surface area contributed by atoms with E-state index in [1.807, 2.05) is 97.1 Å². The fourth-order valence-corrected chi connectivity index (χ4v) is 3.59. The lowest BCUT2D eigenvalue weighted by Crippen LogP contribution is -2.14. The van der Waals surface area contributed by atoms with Gasteiger partial charge in [0.15, 0.2) is 0 Å². The summed E-state index contributed by atoms with van der Waals surface area (Å²) in [6.07, 6.45) is 0.296. The minimum Gasteiger partial charge on any atom is -0.416 e. The number of hydrogen-bond acceptors (Lipinski definition) is 4. The zero-order valence-electron chi connectivity index (χ0n) is 16.7. The molecule has 0 saturated heterocycles. The van der Waals surface area contributed by atoms with E-state index in [2.05, 4.69) is 15.5 Å². The van der Waals surface area contributed by atoms with Crippen LogP contribution in [0.25, 0.3) is 33.7 Å². The van der Waals surface area contributed by atoms with Crippen molar-refractivity contribution in [3.8, 4) is 22.9 Å². The fourth-order valence-electron chi connectivity index (χ4n) is 3.59. The Labute approximate surface area is 179 Å². The van der Waals surface area contributed by atoms with Crippen LogP contribution in [0, 0.1) is 0 Å². The van der Waals surface area contributed by atoms with Gasteiger partial charge >= 0.3 is 0 Å². The zero-order valence-corrected chi connectivity index (χ0v) is 16.7. The predicted octanol–water partition coefficient (Wildman–Crippen LogP) is 5.74. The molecule has 1 amide bonds. The summed E-state index contributed by atoms with van der Waals surface area (Å²) in [7, 11) is 0. The molecule has 0 atom stereocenters. The number of nitrogens with zero attached hydrogens (tertiary/aromatic N) is 2. The Balaban J connectivity index is 1.34. The molecule has 0 spiro atoms. The highest BCUT2D eigenvalue weighted by molar-refractivity contribution is 5.96. The lowest BCUT2D eigenvalue weighted by molar-refractivity contribution is -0.115. The third-order valence-corrected chi connectivity index (χ3v) is 5.07. The topological polar surface area (TPSA) is 68.0 Å². The van der Waals surface area contributed by atoms with Crippen LogP contribution in [0.3, 0.4) is 0 Å². The van der Waals surface area contributed by atoms with Gasteiger partial charge in [0.05, 0.1) is 6.42 Å². The van der Waals surface area contributed by atoms with E-state index in [-0.39, 0.29) is 5.91 Å². The molecule has 0 saturated carbocycles. The molecule has 0 aliphatic carbocycles. The first kappa shape index (κ1) is 18.8. The van der Waals surface area contributed by atoms with Gasteiger partial charge in [0.1, 0.15) is 0 Å². The molecule has 0 fully saturated rings. The highest BCUT2D eigenvalue weighted by Crippen LogP contribution is 2.26. The monoisotopic (exact) mass is 405 g/mol. The van der Waals surface area contributed by atoms with Gasteiger partial charge in [-0.05, 0) is 46.7 Å². The van der Waals surface area contributed by atoms with Crippen molar-refractivity contribution >= 4 is 22.4 Å². The number of carbonyl (C=O) groups is 1. The largest absolute Gasteiger partial charge is 0.416 e. The Bertz CT molecular complexity index is 1350. The van der Waals surface area contributed by atoms with E-state index in [1.54, 1.807) is 0 Å². The molecule has 5 nitrogen and oxygen atoms in total. The van der Waals surface area contributed by atoms with E-state index in [4.69, 9.17) is 4.42 Å². The Hall–Kier alpha value is -4.25. The number of aromatic nitrogens is 2.